The maximum atomic E-state index is 12.2. The number of fused-ring (bicyclic) bond motifs is 1. The lowest BCUT2D eigenvalue weighted by molar-refractivity contribution is -0.125. The van der Waals surface area contributed by atoms with Crippen molar-refractivity contribution in [3.8, 4) is 5.75 Å². The lowest BCUT2D eigenvalue weighted by Crippen LogP contribution is -2.43. The first-order valence-electron chi connectivity index (χ1n) is 9.08. The van der Waals surface area contributed by atoms with E-state index in [0.717, 1.165) is 19.3 Å². The van der Waals surface area contributed by atoms with E-state index in [0.29, 0.717) is 21.6 Å². The van der Waals surface area contributed by atoms with Gasteiger partial charge in [0.1, 0.15) is 10.6 Å². The van der Waals surface area contributed by atoms with Crippen molar-refractivity contribution in [2.75, 3.05) is 13.7 Å². The Bertz CT molecular complexity index is 943. The smallest absolute Gasteiger partial charge is 0.348 e. The van der Waals surface area contributed by atoms with E-state index < -0.39 is 24.4 Å². The molecule has 0 fully saturated rings. The van der Waals surface area contributed by atoms with Gasteiger partial charge in [0.05, 0.1) is 12.7 Å². The van der Waals surface area contributed by atoms with Crippen LogP contribution in [-0.4, -0.2) is 31.5 Å². The maximum absolute atomic E-state index is 12.2. The number of aryl methyl sites for hydroxylation is 1. The fraction of sp³-hybridized carbons (Fsp3) is 0.350. The number of ether oxygens (including phenoxy) is 2. The predicted octanol–water partition coefficient (Wildman–Crippen LogP) is 3.15. The number of methoxy groups -OCH3 is 1. The first-order chi connectivity index (χ1) is 13.9. The third kappa shape index (κ3) is 5.27. The van der Waals surface area contributed by atoms with E-state index >= 15 is 0 Å². The Hall–Kier alpha value is -2.58. The lowest BCUT2D eigenvalue weighted by Gasteiger charge is -2.16. The minimum Gasteiger partial charge on any atom is -0.496 e. The average Bonchev–Trinajstić information content (AvgIpc) is 3.13. The molecule has 3 rings (SSSR count). The van der Waals surface area contributed by atoms with E-state index in [2.05, 4.69) is 17.8 Å². The van der Waals surface area contributed by atoms with Crippen LogP contribution in [-0.2, 0) is 22.4 Å². The number of benzene rings is 1. The van der Waals surface area contributed by atoms with Crippen LogP contribution in [0.1, 0.15) is 43.8 Å². The van der Waals surface area contributed by atoms with Crippen LogP contribution in [0.25, 0.3) is 0 Å². The number of carbonyl (C=O) groups is 3. The first-order valence-corrected chi connectivity index (χ1v) is 10.3. The topological polar surface area (TPSA) is 93.7 Å². The standard InChI is InChI=1S/C20H21ClN2O5S/c1-11-3-6-16-12(7-11)8-17(29-16)20(26)28-10-18(24)22-23-19(25)14-9-13(21)4-5-15(14)27-2/h4-5,8-9,11H,3,6-7,10H2,1-2H3,(H,22,24)(H,23,25)/t11-/m1/s1. The molecule has 0 unspecified atom stereocenters. The number of amides is 2. The molecule has 0 saturated carbocycles. The van der Waals surface area contributed by atoms with Gasteiger partial charge >= 0.3 is 5.97 Å². The van der Waals surface area contributed by atoms with Crippen molar-refractivity contribution in [1.82, 2.24) is 10.9 Å². The van der Waals surface area contributed by atoms with Crippen molar-refractivity contribution in [1.29, 1.82) is 0 Å². The van der Waals surface area contributed by atoms with Crippen LogP contribution in [0.3, 0.4) is 0 Å². The fourth-order valence-corrected chi connectivity index (χ4v) is 4.37. The van der Waals surface area contributed by atoms with Crippen molar-refractivity contribution in [3.05, 3.63) is 50.2 Å². The second-order valence-corrected chi connectivity index (χ2v) is 8.40. The van der Waals surface area contributed by atoms with Gasteiger partial charge in [-0.05, 0) is 55.0 Å². The summed E-state index contributed by atoms with van der Waals surface area (Å²) in [6.45, 7) is 1.68. The number of nitrogens with one attached hydrogen (secondary N) is 2. The van der Waals surface area contributed by atoms with E-state index in [4.69, 9.17) is 21.1 Å². The highest BCUT2D eigenvalue weighted by atomic mass is 35.5. The number of carbonyl (C=O) groups excluding carboxylic acids is 3. The molecule has 1 aliphatic rings. The molecule has 1 aliphatic carbocycles. The second kappa shape index (κ2) is 9.28. The lowest BCUT2D eigenvalue weighted by atomic mass is 9.90. The molecule has 2 N–H and O–H groups in total. The van der Waals surface area contributed by atoms with Crippen molar-refractivity contribution in [3.63, 3.8) is 0 Å². The Morgan fingerprint density at radius 2 is 2.03 bits per heavy atom. The van der Waals surface area contributed by atoms with Crippen molar-refractivity contribution < 1.29 is 23.9 Å². The molecule has 2 amide bonds. The minimum absolute atomic E-state index is 0.163. The highest BCUT2D eigenvalue weighted by Gasteiger charge is 2.22. The van der Waals surface area contributed by atoms with Crippen LogP contribution in [0.5, 0.6) is 5.75 Å². The monoisotopic (exact) mass is 436 g/mol. The number of rotatable bonds is 5. The van der Waals surface area contributed by atoms with E-state index in [1.54, 1.807) is 12.1 Å². The third-order valence-corrected chi connectivity index (χ3v) is 6.04. The zero-order valence-corrected chi connectivity index (χ0v) is 17.6. The van der Waals surface area contributed by atoms with Crippen LogP contribution in [0, 0.1) is 5.92 Å². The van der Waals surface area contributed by atoms with E-state index in [-0.39, 0.29) is 5.56 Å². The summed E-state index contributed by atoms with van der Waals surface area (Å²) >= 11 is 7.31. The number of esters is 1. The summed E-state index contributed by atoms with van der Waals surface area (Å²) < 4.78 is 10.2. The number of hydrogen-bond donors (Lipinski definition) is 2. The van der Waals surface area contributed by atoms with Gasteiger partial charge in [-0.25, -0.2) is 4.79 Å². The summed E-state index contributed by atoms with van der Waals surface area (Å²) in [4.78, 5) is 38.0. The van der Waals surface area contributed by atoms with Crippen LogP contribution in [0.15, 0.2) is 24.3 Å². The number of thiophene rings is 1. The predicted molar refractivity (Wildman–Crippen MR) is 109 cm³/mol. The third-order valence-electron chi connectivity index (χ3n) is 4.59. The van der Waals surface area contributed by atoms with Gasteiger partial charge < -0.3 is 9.47 Å². The summed E-state index contributed by atoms with van der Waals surface area (Å²) in [5.74, 6) is -0.904. The maximum Gasteiger partial charge on any atom is 0.348 e. The van der Waals surface area contributed by atoms with Crippen LogP contribution >= 0.6 is 22.9 Å². The largest absolute Gasteiger partial charge is 0.496 e. The van der Waals surface area contributed by atoms with Gasteiger partial charge in [-0.1, -0.05) is 18.5 Å². The number of halogens is 1. The Kier molecular flexibility index (Phi) is 6.76. The summed E-state index contributed by atoms with van der Waals surface area (Å²) in [6, 6.07) is 6.39. The zero-order chi connectivity index (χ0) is 21.0. The molecule has 9 heteroatoms. The van der Waals surface area contributed by atoms with E-state index in [9.17, 15) is 14.4 Å². The van der Waals surface area contributed by atoms with Crippen molar-refractivity contribution in [2.45, 2.75) is 26.2 Å². The van der Waals surface area contributed by atoms with Gasteiger partial charge in [0.2, 0.25) is 0 Å². The molecule has 1 heterocycles. The van der Waals surface area contributed by atoms with Gasteiger partial charge in [0.15, 0.2) is 6.61 Å². The minimum atomic E-state index is -0.664. The highest BCUT2D eigenvalue weighted by molar-refractivity contribution is 7.14. The molecule has 154 valence electrons. The van der Waals surface area contributed by atoms with Crippen molar-refractivity contribution in [2.24, 2.45) is 5.92 Å². The summed E-state index contributed by atoms with van der Waals surface area (Å²) in [6.07, 6.45) is 3.04. The molecule has 0 radical (unpaired) electrons. The molecule has 1 atom stereocenters. The van der Waals surface area contributed by atoms with Gasteiger partial charge in [-0.3, -0.25) is 20.4 Å². The molecular formula is C20H21ClN2O5S. The van der Waals surface area contributed by atoms with Gasteiger partial charge in [0, 0.05) is 9.90 Å². The molecular weight excluding hydrogens is 416 g/mol. The molecule has 1 aromatic carbocycles. The summed E-state index contributed by atoms with van der Waals surface area (Å²) in [5.41, 5.74) is 5.80. The molecule has 7 nitrogen and oxygen atoms in total. The Balaban J connectivity index is 1.49. The molecule has 0 bridgehead atoms. The van der Waals surface area contributed by atoms with Crippen LogP contribution < -0.4 is 15.6 Å². The number of hydrogen-bond acceptors (Lipinski definition) is 6. The zero-order valence-electron chi connectivity index (χ0n) is 16.0. The number of hydrazine groups is 1. The van der Waals surface area contributed by atoms with Crippen LogP contribution in [0.2, 0.25) is 5.02 Å². The summed E-state index contributed by atoms with van der Waals surface area (Å²) in [7, 11) is 1.42. The Labute approximate surface area is 177 Å². The molecule has 2 aromatic rings. The molecule has 0 aliphatic heterocycles. The van der Waals surface area contributed by atoms with Gasteiger partial charge in [-0.2, -0.15) is 0 Å². The SMILES string of the molecule is COc1ccc(Cl)cc1C(=O)NNC(=O)COC(=O)c1cc2c(s1)CC[C@@H](C)C2. The normalized spacial score (nSPS) is 15.2. The quantitative estimate of drug-likeness (QED) is 0.554. The van der Waals surface area contributed by atoms with E-state index in [1.165, 1.54) is 35.0 Å². The van der Waals surface area contributed by atoms with E-state index in [1.807, 2.05) is 6.07 Å². The fourth-order valence-electron chi connectivity index (χ4n) is 3.10. The molecule has 29 heavy (non-hydrogen) atoms. The average molecular weight is 437 g/mol. The van der Waals surface area contributed by atoms with Crippen LogP contribution in [0.4, 0.5) is 0 Å². The molecule has 0 spiro atoms. The molecule has 0 saturated heterocycles. The summed E-state index contributed by atoms with van der Waals surface area (Å²) in [5, 5.41) is 0.351. The first kappa shape index (κ1) is 21.1. The Morgan fingerprint density at radius 3 is 2.79 bits per heavy atom. The molecule has 1 aromatic heterocycles. The van der Waals surface area contributed by atoms with Crippen molar-refractivity contribution >= 4 is 40.7 Å². The highest BCUT2D eigenvalue weighted by Crippen LogP contribution is 2.32. The second-order valence-electron chi connectivity index (χ2n) is 6.83. The van der Waals surface area contributed by atoms with Gasteiger partial charge in [-0.15, -0.1) is 11.3 Å². The Morgan fingerprint density at radius 1 is 1.24 bits per heavy atom. The van der Waals surface area contributed by atoms with Gasteiger partial charge in [0.25, 0.3) is 11.8 Å².